The maximum atomic E-state index is 11.8. The van der Waals surface area contributed by atoms with Gasteiger partial charge in [-0.15, -0.1) is 0 Å². The van der Waals surface area contributed by atoms with E-state index in [-0.39, 0.29) is 29.8 Å². The second-order valence-corrected chi connectivity index (χ2v) is 4.39. The summed E-state index contributed by atoms with van der Waals surface area (Å²) < 4.78 is 5.04. The van der Waals surface area contributed by atoms with Gasteiger partial charge in [0.25, 0.3) is 0 Å². The molecular weight excluding hydrogens is 182 g/mol. The van der Waals surface area contributed by atoms with Crippen LogP contribution < -0.4 is 0 Å². The number of likely N-dealkylation sites (tertiary alicyclic amines) is 1. The molecule has 4 heteroatoms. The van der Waals surface area contributed by atoms with E-state index in [1.165, 1.54) is 4.90 Å². The van der Waals surface area contributed by atoms with E-state index >= 15 is 0 Å². The van der Waals surface area contributed by atoms with Crippen molar-refractivity contribution in [1.29, 1.82) is 0 Å². The summed E-state index contributed by atoms with van der Waals surface area (Å²) in [5.41, 5.74) is 0. The lowest BCUT2D eigenvalue weighted by molar-refractivity contribution is -0.140. The van der Waals surface area contributed by atoms with Crippen LogP contribution in [0.1, 0.15) is 19.3 Å². The Morgan fingerprint density at radius 1 is 1.21 bits per heavy atom. The zero-order valence-electron chi connectivity index (χ0n) is 7.94. The van der Waals surface area contributed by atoms with Crippen LogP contribution in [0.5, 0.6) is 0 Å². The molecule has 3 fully saturated rings. The summed E-state index contributed by atoms with van der Waals surface area (Å²) in [7, 11) is 0. The van der Waals surface area contributed by atoms with Crippen molar-refractivity contribution in [2.45, 2.75) is 25.4 Å². The third-order valence-corrected chi connectivity index (χ3v) is 3.47. The quantitative estimate of drug-likeness (QED) is 0.466. The van der Waals surface area contributed by atoms with Gasteiger partial charge in [0.15, 0.2) is 0 Å². The summed E-state index contributed by atoms with van der Waals surface area (Å²) in [6.45, 7) is 1.19. The first kappa shape index (κ1) is 8.41. The molecule has 0 aromatic carbocycles. The lowest BCUT2D eigenvalue weighted by atomic mass is 10.00. The Kier molecular flexibility index (Phi) is 1.68. The Bertz CT molecular complexity index is 276. The van der Waals surface area contributed by atoms with Crippen LogP contribution >= 0.6 is 0 Å². The van der Waals surface area contributed by atoms with Crippen molar-refractivity contribution in [3.63, 3.8) is 0 Å². The number of fused-ring (bicyclic) bond motifs is 1. The summed E-state index contributed by atoms with van der Waals surface area (Å²) in [5, 5.41) is 0. The number of carbonyl (C=O) groups excluding carboxylic acids is 2. The molecule has 3 atom stereocenters. The summed E-state index contributed by atoms with van der Waals surface area (Å²) in [4.78, 5) is 25.0. The standard InChI is InChI=1S/C10H13NO3/c12-9-7-2-1-3-8(7)10(13)11(9)4-6-5-14-6/h6-8H,1-5H2/t6-,7?,8?/m1/s1. The average Bonchev–Trinajstić information content (AvgIpc) is 2.80. The monoisotopic (exact) mass is 195 g/mol. The van der Waals surface area contributed by atoms with Crippen molar-refractivity contribution in [3.05, 3.63) is 0 Å². The minimum Gasteiger partial charge on any atom is -0.371 e. The third kappa shape index (κ3) is 1.10. The molecule has 0 N–H and O–H groups in total. The van der Waals surface area contributed by atoms with Crippen LogP contribution in [0.15, 0.2) is 0 Å². The number of ether oxygens (including phenoxy) is 1. The van der Waals surface area contributed by atoms with E-state index in [4.69, 9.17) is 4.74 Å². The molecule has 3 rings (SSSR count). The molecule has 3 aliphatic rings. The van der Waals surface area contributed by atoms with Gasteiger partial charge in [-0.25, -0.2) is 0 Å². The van der Waals surface area contributed by atoms with Crippen molar-refractivity contribution in [1.82, 2.24) is 4.90 Å². The van der Waals surface area contributed by atoms with Crippen LogP contribution in [-0.2, 0) is 14.3 Å². The number of carbonyl (C=O) groups is 2. The highest BCUT2D eigenvalue weighted by Gasteiger charge is 2.50. The molecular formula is C10H13NO3. The summed E-state index contributed by atoms with van der Waals surface area (Å²) in [5.74, 6) is 0.100. The highest BCUT2D eigenvalue weighted by molar-refractivity contribution is 6.05. The molecule has 0 spiro atoms. The number of hydrogen-bond donors (Lipinski definition) is 0. The van der Waals surface area contributed by atoms with Crippen molar-refractivity contribution in [3.8, 4) is 0 Å². The van der Waals surface area contributed by atoms with Crippen molar-refractivity contribution < 1.29 is 14.3 Å². The second kappa shape index (κ2) is 2.79. The Balaban J connectivity index is 1.78. The van der Waals surface area contributed by atoms with Gasteiger partial charge in [-0.2, -0.15) is 0 Å². The van der Waals surface area contributed by atoms with Crippen molar-refractivity contribution in [2.24, 2.45) is 11.8 Å². The Morgan fingerprint density at radius 2 is 1.79 bits per heavy atom. The predicted molar refractivity (Wildman–Crippen MR) is 47.3 cm³/mol. The Morgan fingerprint density at radius 3 is 2.29 bits per heavy atom. The van der Waals surface area contributed by atoms with Crippen molar-refractivity contribution >= 4 is 11.8 Å². The fraction of sp³-hybridized carbons (Fsp3) is 0.800. The number of hydrogen-bond acceptors (Lipinski definition) is 3. The van der Waals surface area contributed by atoms with Gasteiger partial charge in [-0.05, 0) is 12.8 Å². The maximum Gasteiger partial charge on any atom is 0.233 e. The molecule has 1 saturated carbocycles. The molecule has 4 nitrogen and oxygen atoms in total. The summed E-state index contributed by atoms with van der Waals surface area (Å²) in [6, 6.07) is 0. The maximum absolute atomic E-state index is 11.8. The van der Waals surface area contributed by atoms with Gasteiger partial charge >= 0.3 is 0 Å². The van der Waals surface area contributed by atoms with Gasteiger partial charge in [-0.3, -0.25) is 14.5 Å². The van der Waals surface area contributed by atoms with E-state index in [9.17, 15) is 9.59 Å². The molecule has 2 aliphatic heterocycles. The van der Waals surface area contributed by atoms with E-state index in [1.54, 1.807) is 0 Å². The Labute approximate surface area is 82.2 Å². The van der Waals surface area contributed by atoms with Gasteiger partial charge in [0.05, 0.1) is 31.1 Å². The van der Waals surface area contributed by atoms with Gasteiger partial charge in [-0.1, -0.05) is 6.42 Å². The van der Waals surface area contributed by atoms with E-state index in [2.05, 4.69) is 0 Å². The molecule has 2 saturated heterocycles. The lowest BCUT2D eigenvalue weighted by Gasteiger charge is -2.13. The van der Waals surface area contributed by atoms with Gasteiger partial charge in [0.2, 0.25) is 11.8 Å². The van der Waals surface area contributed by atoms with E-state index in [0.717, 1.165) is 19.3 Å². The first-order valence-corrected chi connectivity index (χ1v) is 5.24. The normalized spacial score (nSPS) is 40.6. The van der Waals surface area contributed by atoms with Crippen molar-refractivity contribution in [2.75, 3.05) is 13.2 Å². The number of rotatable bonds is 2. The lowest BCUT2D eigenvalue weighted by Crippen LogP contribution is -2.35. The van der Waals surface area contributed by atoms with Crippen LogP contribution in [0.25, 0.3) is 0 Å². The smallest absolute Gasteiger partial charge is 0.233 e. The average molecular weight is 195 g/mol. The largest absolute Gasteiger partial charge is 0.371 e. The number of amides is 2. The van der Waals surface area contributed by atoms with Crippen LogP contribution in [0.2, 0.25) is 0 Å². The topological polar surface area (TPSA) is 49.9 Å². The molecule has 1 aliphatic carbocycles. The molecule has 0 radical (unpaired) electrons. The zero-order valence-corrected chi connectivity index (χ0v) is 7.94. The number of epoxide rings is 1. The molecule has 2 amide bonds. The molecule has 76 valence electrons. The predicted octanol–water partition coefficient (Wildman–Crippen LogP) is 0.170. The minimum absolute atomic E-state index is 0.00116. The Hall–Kier alpha value is -0.900. The van der Waals surface area contributed by atoms with Gasteiger partial charge in [0, 0.05) is 0 Å². The molecule has 2 unspecified atom stereocenters. The summed E-state index contributed by atoms with van der Waals surface area (Å²) in [6.07, 6.45) is 2.96. The molecule has 2 heterocycles. The van der Waals surface area contributed by atoms with Gasteiger partial charge in [0.1, 0.15) is 0 Å². The first-order chi connectivity index (χ1) is 6.77. The first-order valence-electron chi connectivity index (χ1n) is 5.24. The molecule has 0 aromatic rings. The number of nitrogens with zero attached hydrogens (tertiary/aromatic N) is 1. The summed E-state index contributed by atoms with van der Waals surface area (Å²) >= 11 is 0. The number of imide groups is 1. The van der Waals surface area contributed by atoms with Crippen LogP contribution in [0, 0.1) is 11.8 Å². The van der Waals surface area contributed by atoms with E-state index in [1.807, 2.05) is 0 Å². The minimum atomic E-state index is 0.00116. The second-order valence-electron chi connectivity index (χ2n) is 4.39. The molecule has 0 bridgehead atoms. The molecule has 14 heavy (non-hydrogen) atoms. The highest BCUT2D eigenvalue weighted by atomic mass is 16.6. The fourth-order valence-electron chi connectivity index (χ4n) is 2.62. The van der Waals surface area contributed by atoms with E-state index in [0.29, 0.717) is 13.2 Å². The SMILES string of the molecule is O=C1C2CCCC2C(=O)N1C[C@@H]1CO1. The van der Waals surface area contributed by atoms with Gasteiger partial charge < -0.3 is 4.74 Å². The fourth-order valence-corrected chi connectivity index (χ4v) is 2.62. The van der Waals surface area contributed by atoms with E-state index < -0.39 is 0 Å². The molecule has 0 aromatic heterocycles. The van der Waals surface area contributed by atoms with Crippen LogP contribution in [0.4, 0.5) is 0 Å². The highest BCUT2D eigenvalue weighted by Crippen LogP contribution is 2.40. The van der Waals surface area contributed by atoms with Crippen LogP contribution in [-0.4, -0.2) is 36.0 Å². The third-order valence-electron chi connectivity index (χ3n) is 3.47. The zero-order chi connectivity index (χ0) is 9.71. The van der Waals surface area contributed by atoms with Crippen LogP contribution in [0.3, 0.4) is 0 Å².